The van der Waals surface area contributed by atoms with E-state index in [1.807, 2.05) is 43.4 Å². The van der Waals surface area contributed by atoms with Crippen molar-refractivity contribution in [1.82, 2.24) is 4.98 Å². The van der Waals surface area contributed by atoms with Crippen molar-refractivity contribution in [2.75, 3.05) is 19.0 Å². The van der Waals surface area contributed by atoms with Gasteiger partial charge in [0.1, 0.15) is 18.2 Å². The lowest BCUT2D eigenvalue weighted by molar-refractivity contribution is 0.284. The lowest BCUT2D eigenvalue weighted by atomic mass is 10.1. The Morgan fingerprint density at radius 1 is 1.26 bits per heavy atom. The molecule has 0 radical (unpaired) electrons. The van der Waals surface area contributed by atoms with Crippen LogP contribution in [0.4, 0.5) is 5.82 Å². The van der Waals surface area contributed by atoms with Crippen molar-refractivity contribution in [3.8, 4) is 5.75 Å². The normalized spacial score (nSPS) is 10.2. The van der Waals surface area contributed by atoms with Crippen molar-refractivity contribution >= 4 is 5.82 Å². The predicted molar refractivity (Wildman–Crippen MR) is 75.3 cm³/mol. The van der Waals surface area contributed by atoms with Crippen LogP contribution in [-0.4, -0.2) is 23.7 Å². The van der Waals surface area contributed by atoms with E-state index in [-0.39, 0.29) is 6.61 Å². The zero-order chi connectivity index (χ0) is 13.5. The molecule has 0 unspecified atom stereocenters. The summed E-state index contributed by atoms with van der Waals surface area (Å²) < 4.78 is 5.81. The molecule has 0 spiro atoms. The minimum atomic E-state index is 0.125. The van der Waals surface area contributed by atoms with Crippen molar-refractivity contribution in [2.24, 2.45) is 0 Å². The smallest absolute Gasteiger partial charge is 0.126 e. The van der Waals surface area contributed by atoms with Gasteiger partial charge in [-0.05, 0) is 35.7 Å². The highest BCUT2D eigenvalue weighted by molar-refractivity contribution is 5.37. The third-order valence-electron chi connectivity index (χ3n) is 2.83. The van der Waals surface area contributed by atoms with Crippen LogP contribution in [0.2, 0.25) is 0 Å². The third kappa shape index (κ3) is 3.69. The van der Waals surface area contributed by atoms with Gasteiger partial charge in [0.05, 0.1) is 0 Å². The molecule has 2 rings (SSSR count). The first-order valence-corrected chi connectivity index (χ1v) is 6.27. The average Bonchev–Trinajstić information content (AvgIpc) is 2.47. The Morgan fingerprint density at radius 2 is 2.11 bits per heavy atom. The number of anilines is 1. The lowest BCUT2D eigenvalue weighted by Gasteiger charge is -2.11. The Labute approximate surface area is 113 Å². The Balaban J connectivity index is 2.05. The van der Waals surface area contributed by atoms with Gasteiger partial charge >= 0.3 is 0 Å². The number of hydrogen-bond acceptors (Lipinski definition) is 4. The molecule has 0 aliphatic rings. The van der Waals surface area contributed by atoms with Crippen molar-refractivity contribution in [3.63, 3.8) is 0 Å². The summed E-state index contributed by atoms with van der Waals surface area (Å²) in [5.74, 6) is 1.64. The molecule has 4 heteroatoms. The van der Waals surface area contributed by atoms with Gasteiger partial charge in [0.2, 0.25) is 0 Å². The summed E-state index contributed by atoms with van der Waals surface area (Å²) in [5.41, 5.74) is 2.08. The van der Waals surface area contributed by atoms with Gasteiger partial charge in [0, 0.05) is 19.9 Å². The van der Waals surface area contributed by atoms with E-state index >= 15 is 0 Å². The summed E-state index contributed by atoms with van der Waals surface area (Å²) >= 11 is 0. The van der Waals surface area contributed by atoms with Crippen LogP contribution in [0.1, 0.15) is 11.1 Å². The van der Waals surface area contributed by atoms with Gasteiger partial charge in [0.15, 0.2) is 0 Å². The molecule has 0 fully saturated rings. The maximum atomic E-state index is 9.03. The SMILES string of the molecule is CNc1cc(COc2ccccc2CCO)ccn1. The van der Waals surface area contributed by atoms with Gasteiger partial charge in [-0.15, -0.1) is 0 Å². The van der Waals surface area contributed by atoms with Crippen LogP contribution in [-0.2, 0) is 13.0 Å². The van der Waals surface area contributed by atoms with E-state index in [9.17, 15) is 0 Å². The van der Waals surface area contributed by atoms with E-state index in [2.05, 4.69) is 10.3 Å². The standard InChI is InChI=1S/C15H18N2O2/c1-16-15-10-12(6-8-17-15)11-19-14-5-3-2-4-13(14)7-9-18/h2-6,8,10,18H,7,9,11H2,1H3,(H,16,17). The van der Waals surface area contributed by atoms with Gasteiger partial charge in [-0.3, -0.25) is 0 Å². The summed E-state index contributed by atoms with van der Waals surface area (Å²) in [4.78, 5) is 4.16. The second kappa shape index (κ2) is 6.75. The second-order valence-electron chi connectivity index (χ2n) is 4.17. The number of hydrogen-bond donors (Lipinski definition) is 2. The highest BCUT2D eigenvalue weighted by atomic mass is 16.5. The number of pyridine rings is 1. The minimum Gasteiger partial charge on any atom is -0.489 e. The largest absolute Gasteiger partial charge is 0.489 e. The zero-order valence-corrected chi connectivity index (χ0v) is 11.0. The van der Waals surface area contributed by atoms with Gasteiger partial charge in [0.25, 0.3) is 0 Å². The molecule has 0 amide bonds. The summed E-state index contributed by atoms with van der Waals surface area (Å²) in [6.07, 6.45) is 2.36. The molecule has 2 N–H and O–H groups in total. The van der Waals surface area contributed by atoms with Crippen LogP contribution < -0.4 is 10.1 Å². The van der Waals surface area contributed by atoms with Gasteiger partial charge < -0.3 is 15.2 Å². The first-order valence-electron chi connectivity index (χ1n) is 6.27. The highest BCUT2D eigenvalue weighted by Gasteiger charge is 2.03. The molecule has 0 bridgehead atoms. The van der Waals surface area contributed by atoms with Crippen LogP contribution >= 0.6 is 0 Å². The molecule has 1 aromatic carbocycles. The van der Waals surface area contributed by atoms with E-state index < -0.39 is 0 Å². The molecule has 0 aliphatic carbocycles. The Kier molecular flexibility index (Phi) is 4.75. The number of aliphatic hydroxyl groups is 1. The third-order valence-corrected chi connectivity index (χ3v) is 2.83. The van der Waals surface area contributed by atoms with E-state index in [0.717, 1.165) is 22.7 Å². The van der Waals surface area contributed by atoms with E-state index in [4.69, 9.17) is 9.84 Å². The summed E-state index contributed by atoms with van der Waals surface area (Å²) in [6, 6.07) is 11.7. The number of ether oxygens (including phenoxy) is 1. The molecule has 0 aliphatic heterocycles. The minimum absolute atomic E-state index is 0.125. The van der Waals surface area contributed by atoms with E-state index in [1.54, 1.807) is 6.20 Å². The monoisotopic (exact) mass is 258 g/mol. The number of benzene rings is 1. The highest BCUT2D eigenvalue weighted by Crippen LogP contribution is 2.20. The quantitative estimate of drug-likeness (QED) is 0.834. The summed E-state index contributed by atoms with van der Waals surface area (Å²) in [5, 5.41) is 12.0. The average molecular weight is 258 g/mol. The number of aromatic nitrogens is 1. The molecule has 2 aromatic rings. The fourth-order valence-electron chi connectivity index (χ4n) is 1.83. The van der Waals surface area contributed by atoms with Gasteiger partial charge in [-0.2, -0.15) is 0 Å². The van der Waals surface area contributed by atoms with Crippen molar-refractivity contribution in [3.05, 3.63) is 53.7 Å². The summed E-state index contributed by atoms with van der Waals surface area (Å²) in [6.45, 7) is 0.610. The molecule has 19 heavy (non-hydrogen) atoms. The fourth-order valence-corrected chi connectivity index (χ4v) is 1.83. The first kappa shape index (κ1) is 13.4. The Hall–Kier alpha value is -2.07. The lowest BCUT2D eigenvalue weighted by Crippen LogP contribution is -2.01. The second-order valence-corrected chi connectivity index (χ2v) is 4.17. The molecule has 0 saturated heterocycles. The Bertz CT molecular complexity index is 529. The van der Waals surface area contributed by atoms with Crippen LogP contribution in [0, 0.1) is 0 Å². The number of nitrogens with zero attached hydrogens (tertiary/aromatic N) is 1. The Morgan fingerprint density at radius 3 is 2.89 bits per heavy atom. The van der Waals surface area contributed by atoms with Gasteiger partial charge in [-0.25, -0.2) is 4.98 Å². The molecule has 4 nitrogen and oxygen atoms in total. The zero-order valence-electron chi connectivity index (χ0n) is 11.0. The topological polar surface area (TPSA) is 54.4 Å². The molecule has 1 heterocycles. The van der Waals surface area contributed by atoms with Crippen molar-refractivity contribution < 1.29 is 9.84 Å². The van der Waals surface area contributed by atoms with Crippen LogP contribution in [0.5, 0.6) is 5.75 Å². The number of aliphatic hydroxyl groups excluding tert-OH is 1. The van der Waals surface area contributed by atoms with E-state index in [1.165, 1.54) is 0 Å². The molecular formula is C15H18N2O2. The number of nitrogens with one attached hydrogen (secondary N) is 1. The van der Waals surface area contributed by atoms with E-state index in [0.29, 0.717) is 13.0 Å². The fraction of sp³-hybridized carbons (Fsp3) is 0.267. The maximum absolute atomic E-state index is 9.03. The first-order chi connectivity index (χ1) is 9.33. The molecule has 0 atom stereocenters. The maximum Gasteiger partial charge on any atom is 0.126 e. The number of rotatable bonds is 6. The summed E-state index contributed by atoms with van der Waals surface area (Å²) in [7, 11) is 1.84. The molecule has 1 aromatic heterocycles. The van der Waals surface area contributed by atoms with Crippen LogP contribution in [0.15, 0.2) is 42.6 Å². The number of para-hydroxylation sites is 1. The molecular weight excluding hydrogens is 240 g/mol. The van der Waals surface area contributed by atoms with Crippen molar-refractivity contribution in [2.45, 2.75) is 13.0 Å². The van der Waals surface area contributed by atoms with Gasteiger partial charge in [-0.1, -0.05) is 18.2 Å². The molecule has 100 valence electrons. The van der Waals surface area contributed by atoms with Crippen LogP contribution in [0.25, 0.3) is 0 Å². The predicted octanol–water partition coefficient (Wildman–Crippen LogP) is 2.24. The van der Waals surface area contributed by atoms with Crippen molar-refractivity contribution in [1.29, 1.82) is 0 Å². The molecule has 0 saturated carbocycles. The van der Waals surface area contributed by atoms with Crippen LogP contribution in [0.3, 0.4) is 0 Å².